The van der Waals surface area contributed by atoms with Crippen LogP contribution in [-0.2, 0) is 9.59 Å². The van der Waals surface area contributed by atoms with Gasteiger partial charge in [0.15, 0.2) is 5.78 Å². The highest BCUT2D eigenvalue weighted by molar-refractivity contribution is 5.98. The van der Waals surface area contributed by atoms with Crippen molar-refractivity contribution in [2.24, 2.45) is 0 Å². The molecule has 0 aromatic heterocycles. The zero-order chi connectivity index (χ0) is 18.1. The molecule has 1 aliphatic rings. The molecule has 0 unspecified atom stereocenters. The first-order valence-electron chi connectivity index (χ1n) is 8.86. The lowest BCUT2D eigenvalue weighted by Crippen LogP contribution is -2.59. The van der Waals surface area contributed by atoms with Gasteiger partial charge in [0.1, 0.15) is 5.54 Å². The molecule has 2 amide bonds. The average molecular weight is 342 g/mol. The molecule has 2 rings (SSSR count). The second kappa shape index (κ2) is 9.16. The molecule has 0 aliphatic heterocycles. The van der Waals surface area contributed by atoms with Crippen molar-refractivity contribution in [2.75, 3.05) is 6.54 Å². The Morgan fingerprint density at radius 3 is 2.36 bits per heavy atom. The number of benzene rings is 1. The highest BCUT2D eigenvalue weighted by Crippen LogP contribution is 2.28. The van der Waals surface area contributed by atoms with Crippen LogP contribution >= 0.6 is 0 Å². The molecule has 0 atom stereocenters. The quantitative estimate of drug-likeness (QED) is 0.563. The minimum atomic E-state index is -0.853. The molecule has 0 spiro atoms. The number of carbonyl (C=O) groups is 3. The van der Waals surface area contributed by atoms with E-state index in [1.807, 2.05) is 6.07 Å². The summed E-state index contributed by atoms with van der Waals surface area (Å²) in [6.45, 7) is 3.98. The average Bonchev–Trinajstić information content (AvgIpc) is 2.65. The smallest absolute Gasteiger partial charge is 0.246 e. The number of ketones is 1. The Hall–Kier alpha value is -2.43. The maximum atomic E-state index is 12.5. The lowest BCUT2D eigenvalue weighted by atomic mass is 9.80. The summed E-state index contributed by atoms with van der Waals surface area (Å²) in [5.74, 6) is -0.473. The van der Waals surface area contributed by atoms with Gasteiger partial charge in [0, 0.05) is 24.9 Å². The Bertz CT molecular complexity index is 619. The van der Waals surface area contributed by atoms with E-state index in [4.69, 9.17) is 0 Å². The van der Waals surface area contributed by atoms with Gasteiger partial charge in [0.25, 0.3) is 0 Å². The van der Waals surface area contributed by atoms with Crippen LogP contribution in [0.4, 0.5) is 0 Å². The van der Waals surface area contributed by atoms with Gasteiger partial charge < -0.3 is 10.6 Å². The molecule has 5 nitrogen and oxygen atoms in total. The standard InChI is InChI=1S/C20H26N2O3/c1-2-15-21-19(25)20(13-7-4-8-14-20)22-18(24)12-11-17(23)16-9-5-3-6-10-16/h2-3,5-6,9-10H,1,4,7-8,11-15H2,(H,21,25)(H,22,24). The van der Waals surface area contributed by atoms with Crippen LogP contribution in [0.3, 0.4) is 0 Å². The van der Waals surface area contributed by atoms with Crippen molar-refractivity contribution in [3.8, 4) is 0 Å². The number of rotatable bonds is 8. The van der Waals surface area contributed by atoms with Crippen LogP contribution in [0.2, 0.25) is 0 Å². The van der Waals surface area contributed by atoms with E-state index < -0.39 is 5.54 Å². The first kappa shape index (κ1) is 18.9. The third-order valence-corrected chi connectivity index (χ3v) is 4.60. The maximum Gasteiger partial charge on any atom is 0.246 e. The van der Waals surface area contributed by atoms with Crippen LogP contribution in [0.5, 0.6) is 0 Å². The van der Waals surface area contributed by atoms with Gasteiger partial charge >= 0.3 is 0 Å². The Morgan fingerprint density at radius 1 is 1.04 bits per heavy atom. The summed E-state index contributed by atoms with van der Waals surface area (Å²) in [6, 6.07) is 8.93. The first-order chi connectivity index (χ1) is 12.1. The second-order valence-corrected chi connectivity index (χ2v) is 6.48. The largest absolute Gasteiger partial charge is 0.351 e. The minimum Gasteiger partial charge on any atom is -0.351 e. The fourth-order valence-corrected chi connectivity index (χ4v) is 3.22. The lowest BCUT2D eigenvalue weighted by molar-refractivity contribution is -0.134. The van der Waals surface area contributed by atoms with Crippen molar-refractivity contribution in [3.05, 3.63) is 48.6 Å². The molecule has 0 heterocycles. The summed E-state index contributed by atoms with van der Waals surface area (Å²) in [6.07, 6.45) is 6.00. The molecule has 5 heteroatoms. The number of amides is 2. The van der Waals surface area contributed by atoms with E-state index in [-0.39, 0.29) is 30.4 Å². The number of nitrogens with one attached hydrogen (secondary N) is 2. The van der Waals surface area contributed by atoms with Crippen LogP contribution < -0.4 is 10.6 Å². The molecule has 0 bridgehead atoms. The predicted molar refractivity (Wildman–Crippen MR) is 97.2 cm³/mol. The van der Waals surface area contributed by atoms with Gasteiger partial charge in [-0.3, -0.25) is 14.4 Å². The van der Waals surface area contributed by atoms with Gasteiger partial charge in [-0.2, -0.15) is 0 Å². The Morgan fingerprint density at radius 2 is 1.72 bits per heavy atom. The highest BCUT2D eigenvalue weighted by Gasteiger charge is 2.40. The summed E-state index contributed by atoms with van der Waals surface area (Å²) >= 11 is 0. The summed E-state index contributed by atoms with van der Waals surface area (Å²) in [4.78, 5) is 37.0. The van der Waals surface area contributed by atoms with Crippen molar-refractivity contribution in [1.82, 2.24) is 10.6 Å². The first-order valence-corrected chi connectivity index (χ1v) is 8.86. The molecule has 1 saturated carbocycles. The Balaban J connectivity index is 1.94. The van der Waals surface area contributed by atoms with E-state index in [9.17, 15) is 14.4 Å². The maximum absolute atomic E-state index is 12.5. The number of hydrogen-bond acceptors (Lipinski definition) is 3. The van der Waals surface area contributed by atoms with Crippen LogP contribution in [0, 0.1) is 0 Å². The molecule has 134 valence electrons. The third-order valence-electron chi connectivity index (χ3n) is 4.60. The van der Waals surface area contributed by atoms with Gasteiger partial charge in [-0.05, 0) is 12.8 Å². The zero-order valence-electron chi connectivity index (χ0n) is 14.6. The van der Waals surface area contributed by atoms with Crippen LogP contribution in [0.1, 0.15) is 55.3 Å². The van der Waals surface area contributed by atoms with Gasteiger partial charge in [-0.15, -0.1) is 6.58 Å². The van der Waals surface area contributed by atoms with Crippen LogP contribution in [0.15, 0.2) is 43.0 Å². The summed E-state index contributed by atoms with van der Waals surface area (Å²) < 4.78 is 0. The topological polar surface area (TPSA) is 75.3 Å². The molecular formula is C20H26N2O3. The molecule has 1 aromatic carbocycles. The number of carbonyl (C=O) groups excluding carboxylic acids is 3. The third kappa shape index (κ3) is 5.28. The van der Waals surface area contributed by atoms with E-state index in [0.717, 1.165) is 19.3 Å². The molecule has 1 aliphatic carbocycles. The fraction of sp³-hybridized carbons (Fsp3) is 0.450. The van der Waals surface area contributed by atoms with Crippen LogP contribution in [0.25, 0.3) is 0 Å². The van der Waals surface area contributed by atoms with E-state index in [1.54, 1.807) is 30.3 Å². The molecule has 25 heavy (non-hydrogen) atoms. The number of Topliss-reactive ketones (excluding diaryl/α,β-unsaturated/α-hetero) is 1. The van der Waals surface area contributed by atoms with Crippen molar-refractivity contribution >= 4 is 17.6 Å². The summed E-state index contributed by atoms with van der Waals surface area (Å²) in [5.41, 5.74) is -0.250. The Labute approximate surface area is 148 Å². The number of hydrogen-bond donors (Lipinski definition) is 2. The molecule has 0 radical (unpaired) electrons. The summed E-state index contributed by atoms with van der Waals surface area (Å²) in [5, 5.41) is 5.71. The predicted octanol–water partition coefficient (Wildman–Crippen LogP) is 2.77. The molecule has 1 fully saturated rings. The fourth-order valence-electron chi connectivity index (χ4n) is 3.22. The molecular weight excluding hydrogens is 316 g/mol. The SMILES string of the molecule is C=CCNC(=O)C1(NC(=O)CCC(=O)c2ccccc2)CCCCC1. The van der Waals surface area contributed by atoms with E-state index in [1.165, 1.54) is 0 Å². The van der Waals surface area contributed by atoms with Gasteiger partial charge in [0.2, 0.25) is 11.8 Å². The minimum absolute atomic E-state index is 0.0652. The van der Waals surface area contributed by atoms with Gasteiger partial charge in [0.05, 0.1) is 0 Å². The summed E-state index contributed by atoms with van der Waals surface area (Å²) in [7, 11) is 0. The van der Waals surface area contributed by atoms with Crippen molar-refractivity contribution in [2.45, 2.75) is 50.5 Å². The van der Waals surface area contributed by atoms with E-state index in [0.29, 0.717) is 24.9 Å². The van der Waals surface area contributed by atoms with Crippen molar-refractivity contribution in [3.63, 3.8) is 0 Å². The molecule has 1 aromatic rings. The monoisotopic (exact) mass is 342 g/mol. The van der Waals surface area contributed by atoms with E-state index >= 15 is 0 Å². The molecule has 0 saturated heterocycles. The Kier molecular flexibility index (Phi) is 6.92. The molecule has 2 N–H and O–H groups in total. The van der Waals surface area contributed by atoms with Crippen molar-refractivity contribution < 1.29 is 14.4 Å². The van der Waals surface area contributed by atoms with E-state index in [2.05, 4.69) is 17.2 Å². The lowest BCUT2D eigenvalue weighted by Gasteiger charge is -2.36. The highest BCUT2D eigenvalue weighted by atomic mass is 16.2. The zero-order valence-corrected chi connectivity index (χ0v) is 14.6. The van der Waals surface area contributed by atoms with Gasteiger partial charge in [-0.1, -0.05) is 55.7 Å². The van der Waals surface area contributed by atoms with Crippen molar-refractivity contribution in [1.29, 1.82) is 0 Å². The van der Waals surface area contributed by atoms with Gasteiger partial charge in [-0.25, -0.2) is 0 Å². The van der Waals surface area contributed by atoms with Crippen LogP contribution in [-0.4, -0.2) is 29.7 Å². The normalized spacial score (nSPS) is 15.8. The second-order valence-electron chi connectivity index (χ2n) is 6.48.